The van der Waals surface area contributed by atoms with Gasteiger partial charge in [-0.05, 0) is 58.2 Å². The molecule has 11 nitrogen and oxygen atoms in total. The van der Waals surface area contributed by atoms with E-state index in [9.17, 15) is 14.4 Å². The van der Waals surface area contributed by atoms with Crippen LogP contribution in [0.2, 0.25) is 0 Å². The molecular weight excluding hydrogens is 592 g/mol. The van der Waals surface area contributed by atoms with E-state index in [4.69, 9.17) is 25.7 Å². The molecule has 2 aliphatic rings. The second-order valence-electron chi connectivity index (χ2n) is 9.86. The highest BCUT2D eigenvalue weighted by atomic mass is 32.1. The molecule has 0 atom stereocenters. The van der Waals surface area contributed by atoms with E-state index in [0.717, 1.165) is 57.7 Å². The number of nitrogens with one attached hydrogen (secondary N) is 3. The largest absolute Gasteiger partial charge is 0.400 e. The average Bonchev–Trinajstić information content (AvgIpc) is 3.43. The number of aliphatic imine (C=N–C) groups is 1. The van der Waals surface area contributed by atoms with Crippen LogP contribution in [0.4, 0.5) is 5.00 Å². The average molecular weight is 633 g/mol. The van der Waals surface area contributed by atoms with E-state index < -0.39 is 0 Å². The molecule has 1 aromatic heterocycles. The summed E-state index contributed by atoms with van der Waals surface area (Å²) in [5.74, 6) is 6.01. The topological polar surface area (TPSA) is 167 Å². The number of benzene rings is 1. The molecule has 0 radical (unpaired) electrons. The third-order valence-corrected chi connectivity index (χ3v) is 7.94. The number of aliphatic hydroxyl groups is 1. The Morgan fingerprint density at radius 1 is 1.11 bits per heavy atom. The fraction of sp³-hybridized carbons (Fsp3) is 0.364. The van der Waals surface area contributed by atoms with E-state index >= 15 is 0 Å². The first-order chi connectivity index (χ1) is 21.6. The highest BCUT2D eigenvalue weighted by molar-refractivity contribution is 7.17. The maximum Gasteiger partial charge on any atom is 0.253 e. The standard InChI is InChI=1S/C30H32N6O3S.C2H4O.CH4O/c1-19-20(2)40-30-28(19)29(34-18-24(32)36(30)21(3)31)23-12-10-22(11-13-23)8-7-16-33-25(37)9-5-4-6-17-35-26(38)14-15-27(35)39;1-2-3;1-2/h10-15,31-32H,4-6,9,16-18H2,1-3H3,(H,33,37);2H,1H3;2H,1H3. The number of rotatable bonds is 8. The van der Waals surface area contributed by atoms with Crippen LogP contribution in [0.25, 0.3) is 0 Å². The van der Waals surface area contributed by atoms with Crippen molar-refractivity contribution in [2.24, 2.45) is 4.99 Å². The lowest BCUT2D eigenvalue weighted by atomic mass is 9.99. The van der Waals surface area contributed by atoms with Crippen LogP contribution in [0.1, 0.15) is 66.7 Å². The maximum atomic E-state index is 12.1. The zero-order valence-electron chi connectivity index (χ0n) is 26.3. The SMILES string of the molecule is CC(=N)N1C(=N)CN=C(c2ccc(C#CCNC(=O)CCCCCN3C(=O)C=CC3=O)cc2)c2c1sc(C)c2C.CC=O.CO. The van der Waals surface area contributed by atoms with Crippen LogP contribution in [0, 0.1) is 36.5 Å². The molecule has 3 amide bonds. The number of fused-ring (bicyclic) bond motifs is 1. The molecule has 0 unspecified atom stereocenters. The minimum absolute atomic E-state index is 0.0805. The number of aliphatic hydroxyl groups excluding tert-OH is 1. The predicted molar refractivity (Wildman–Crippen MR) is 178 cm³/mol. The van der Waals surface area contributed by atoms with Gasteiger partial charge in [0, 0.05) is 53.8 Å². The van der Waals surface area contributed by atoms with Gasteiger partial charge in [-0.1, -0.05) is 30.4 Å². The van der Waals surface area contributed by atoms with Crippen LogP contribution in [0.3, 0.4) is 0 Å². The Labute approximate surface area is 268 Å². The van der Waals surface area contributed by atoms with Gasteiger partial charge in [-0.2, -0.15) is 0 Å². The summed E-state index contributed by atoms with van der Waals surface area (Å²) in [6.45, 7) is 8.05. The van der Waals surface area contributed by atoms with Crippen molar-refractivity contribution in [1.29, 1.82) is 10.8 Å². The number of nitrogens with zero attached hydrogens (tertiary/aromatic N) is 3. The van der Waals surface area contributed by atoms with Crippen molar-refractivity contribution in [3.8, 4) is 11.8 Å². The van der Waals surface area contributed by atoms with E-state index in [1.807, 2.05) is 31.2 Å². The van der Waals surface area contributed by atoms with Gasteiger partial charge in [-0.25, -0.2) is 0 Å². The highest BCUT2D eigenvalue weighted by Gasteiger charge is 2.29. The molecule has 4 rings (SSSR count). The summed E-state index contributed by atoms with van der Waals surface area (Å²) < 4.78 is 0. The molecule has 2 aliphatic heterocycles. The Hall–Kier alpha value is -4.73. The summed E-state index contributed by atoms with van der Waals surface area (Å²) in [6, 6.07) is 7.77. The van der Waals surface area contributed by atoms with Crippen LogP contribution in [0.15, 0.2) is 41.4 Å². The number of hydrogen-bond donors (Lipinski definition) is 4. The summed E-state index contributed by atoms with van der Waals surface area (Å²) in [4.78, 5) is 52.7. The summed E-state index contributed by atoms with van der Waals surface area (Å²) in [5, 5.41) is 27.3. The number of thiophene rings is 1. The predicted octanol–water partition coefficient (Wildman–Crippen LogP) is 3.76. The fourth-order valence-corrected chi connectivity index (χ4v) is 5.77. The van der Waals surface area contributed by atoms with Gasteiger partial charge >= 0.3 is 0 Å². The van der Waals surface area contributed by atoms with Crippen molar-refractivity contribution in [3.63, 3.8) is 0 Å². The van der Waals surface area contributed by atoms with E-state index in [0.29, 0.717) is 31.6 Å². The molecule has 45 heavy (non-hydrogen) atoms. The molecule has 1 aromatic carbocycles. The van der Waals surface area contributed by atoms with Gasteiger partial charge < -0.3 is 15.2 Å². The molecule has 0 fully saturated rings. The Bertz CT molecular complexity index is 1530. The second-order valence-corrected chi connectivity index (χ2v) is 11.1. The van der Waals surface area contributed by atoms with Gasteiger partial charge in [0.1, 0.15) is 23.0 Å². The first kappa shape index (κ1) is 36.5. The molecule has 4 N–H and O–H groups in total. The minimum atomic E-state index is -0.275. The van der Waals surface area contributed by atoms with Gasteiger partial charge in [-0.15, -0.1) is 11.3 Å². The second kappa shape index (κ2) is 18.2. The van der Waals surface area contributed by atoms with Gasteiger partial charge in [0.2, 0.25) is 5.91 Å². The number of carbonyl (C=O) groups excluding carboxylic acids is 4. The van der Waals surface area contributed by atoms with Crippen molar-refractivity contribution in [1.82, 2.24) is 10.2 Å². The Kier molecular flexibility index (Phi) is 14.7. The number of imide groups is 1. The smallest absolute Gasteiger partial charge is 0.253 e. The first-order valence-electron chi connectivity index (χ1n) is 14.4. The van der Waals surface area contributed by atoms with Crippen LogP contribution in [-0.2, 0) is 19.2 Å². The van der Waals surface area contributed by atoms with Crippen LogP contribution in [0.5, 0.6) is 0 Å². The molecule has 0 spiro atoms. The first-order valence-corrected chi connectivity index (χ1v) is 15.2. The van der Waals surface area contributed by atoms with Gasteiger partial charge in [0.05, 0.1) is 18.8 Å². The van der Waals surface area contributed by atoms with Gasteiger partial charge in [0.15, 0.2) is 0 Å². The van der Waals surface area contributed by atoms with Crippen LogP contribution < -0.4 is 10.2 Å². The summed E-state index contributed by atoms with van der Waals surface area (Å²) in [5.41, 5.74) is 4.62. The number of aryl methyl sites for hydroxylation is 1. The lowest BCUT2D eigenvalue weighted by molar-refractivity contribution is -0.137. The third kappa shape index (κ3) is 9.89. The number of unbranched alkanes of at least 4 members (excludes halogenated alkanes) is 2. The number of aldehydes is 1. The molecule has 0 saturated heterocycles. The lowest BCUT2D eigenvalue weighted by Gasteiger charge is -2.21. The summed E-state index contributed by atoms with van der Waals surface area (Å²) in [6.07, 6.45) is 5.77. The number of amidine groups is 2. The van der Waals surface area contributed by atoms with Crippen molar-refractivity contribution in [3.05, 3.63) is 63.5 Å². The Balaban J connectivity index is 0.00000133. The Morgan fingerprint density at radius 2 is 1.73 bits per heavy atom. The number of hydrogen-bond acceptors (Lipinski definition) is 9. The van der Waals surface area contributed by atoms with Crippen LogP contribution in [-0.4, -0.2) is 78.1 Å². The van der Waals surface area contributed by atoms with Crippen molar-refractivity contribution in [2.45, 2.75) is 53.4 Å². The fourth-order valence-electron chi connectivity index (χ4n) is 4.53. The molecule has 238 valence electrons. The highest BCUT2D eigenvalue weighted by Crippen LogP contribution is 2.38. The quantitative estimate of drug-likeness (QED) is 0.0863. The molecule has 12 heteroatoms. The molecule has 0 bridgehead atoms. The van der Waals surface area contributed by atoms with E-state index in [1.165, 1.54) is 24.0 Å². The monoisotopic (exact) mass is 632 g/mol. The molecular formula is C33H40N6O5S. The minimum Gasteiger partial charge on any atom is -0.400 e. The zero-order chi connectivity index (χ0) is 33.5. The van der Waals surface area contributed by atoms with Gasteiger partial charge in [0.25, 0.3) is 11.8 Å². The van der Waals surface area contributed by atoms with E-state index in [1.54, 1.807) is 23.2 Å². The number of anilines is 1. The summed E-state index contributed by atoms with van der Waals surface area (Å²) in [7, 11) is 1.00. The van der Waals surface area contributed by atoms with Crippen molar-refractivity contribution >= 4 is 57.7 Å². The normalized spacial score (nSPS) is 13.3. The maximum absolute atomic E-state index is 12.1. The number of carbonyl (C=O) groups is 4. The van der Waals surface area contributed by atoms with Crippen molar-refractivity contribution in [2.75, 3.05) is 31.6 Å². The molecule has 2 aromatic rings. The molecule has 0 aliphatic carbocycles. The van der Waals surface area contributed by atoms with Crippen molar-refractivity contribution < 1.29 is 24.3 Å². The summed E-state index contributed by atoms with van der Waals surface area (Å²) >= 11 is 1.58. The number of amides is 3. The van der Waals surface area contributed by atoms with Gasteiger partial charge in [-0.3, -0.25) is 40.0 Å². The van der Waals surface area contributed by atoms with E-state index in [-0.39, 0.29) is 36.6 Å². The van der Waals surface area contributed by atoms with E-state index in [2.05, 4.69) is 24.1 Å². The lowest BCUT2D eigenvalue weighted by Crippen LogP contribution is -2.35. The molecule has 3 heterocycles. The Morgan fingerprint density at radius 3 is 2.33 bits per heavy atom. The molecule has 0 saturated carbocycles. The third-order valence-electron chi connectivity index (χ3n) is 6.75. The zero-order valence-corrected chi connectivity index (χ0v) is 27.1. The van der Waals surface area contributed by atoms with Crippen LogP contribution >= 0.6 is 11.3 Å².